The quantitative estimate of drug-likeness (QED) is 0.170. The predicted octanol–water partition coefficient (Wildman–Crippen LogP) is 7.10. The fourth-order valence-corrected chi connectivity index (χ4v) is 5.07. The molecule has 1 N–H and O–H groups in total. The second-order valence-electron chi connectivity index (χ2n) is 10.3. The molecule has 2 heterocycles. The molecule has 0 spiro atoms. The van der Waals surface area contributed by atoms with Gasteiger partial charge in [-0.15, -0.1) is 13.2 Å². The Kier molecular flexibility index (Phi) is 9.43. The van der Waals surface area contributed by atoms with E-state index in [2.05, 4.69) is 33.9 Å². The summed E-state index contributed by atoms with van der Waals surface area (Å²) in [5.41, 5.74) is 3.53. The van der Waals surface area contributed by atoms with E-state index < -0.39 is 12.3 Å². The first-order valence-corrected chi connectivity index (χ1v) is 13.8. The van der Waals surface area contributed by atoms with Gasteiger partial charge in [0.25, 0.3) is 0 Å². The van der Waals surface area contributed by atoms with Crippen LogP contribution in [0.1, 0.15) is 40.5 Å². The SMILES string of the molecule is O=C(O)c1c(-c2ccc(N(Cc3ccccc3)Cc3ccccc3)nc2)nc(-c2ccc(OC(F)(F)F)cc2)n1C1CC1.[NaH]. The zero-order chi connectivity index (χ0) is 30.0. The van der Waals surface area contributed by atoms with Gasteiger partial charge in [-0.05, 0) is 60.4 Å². The summed E-state index contributed by atoms with van der Waals surface area (Å²) in [5, 5.41) is 10.3. The fourth-order valence-electron chi connectivity index (χ4n) is 5.07. The third-order valence-corrected chi connectivity index (χ3v) is 7.15. The fraction of sp³-hybridized carbons (Fsp3) is 0.182. The second-order valence-corrected chi connectivity index (χ2v) is 10.3. The van der Waals surface area contributed by atoms with Gasteiger partial charge in [-0.25, -0.2) is 14.8 Å². The van der Waals surface area contributed by atoms with Gasteiger partial charge < -0.3 is 19.3 Å². The minimum absolute atomic E-state index is 0. The van der Waals surface area contributed by atoms with Crippen molar-refractivity contribution in [3.05, 3.63) is 120 Å². The van der Waals surface area contributed by atoms with Crippen LogP contribution in [-0.2, 0) is 13.1 Å². The van der Waals surface area contributed by atoms with E-state index in [1.165, 1.54) is 24.3 Å². The van der Waals surface area contributed by atoms with Crippen molar-refractivity contribution in [2.75, 3.05) is 4.90 Å². The maximum absolute atomic E-state index is 12.7. The Morgan fingerprint density at radius 3 is 1.91 bits per heavy atom. The molecular formula is C33H28F3N4NaO3. The average molecular weight is 609 g/mol. The van der Waals surface area contributed by atoms with E-state index in [0.29, 0.717) is 30.0 Å². The van der Waals surface area contributed by atoms with Crippen molar-refractivity contribution in [3.63, 3.8) is 0 Å². The van der Waals surface area contributed by atoms with Gasteiger partial charge in [-0.1, -0.05) is 60.7 Å². The molecular weight excluding hydrogens is 580 g/mol. The molecule has 5 aromatic rings. The van der Waals surface area contributed by atoms with Gasteiger partial charge in [0, 0.05) is 36.5 Å². The summed E-state index contributed by atoms with van der Waals surface area (Å²) in [4.78, 5) is 24.1. The van der Waals surface area contributed by atoms with Crippen LogP contribution in [0.25, 0.3) is 22.6 Å². The Balaban J connectivity index is 0.00000384. The molecule has 220 valence electrons. The predicted molar refractivity (Wildman–Crippen MR) is 163 cm³/mol. The molecule has 0 atom stereocenters. The Labute approximate surface area is 274 Å². The Morgan fingerprint density at radius 2 is 1.43 bits per heavy atom. The van der Waals surface area contributed by atoms with Gasteiger partial charge >= 0.3 is 41.9 Å². The number of aromatic carboxylic acids is 1. The van der Waals surface area contributed by atoms with E-state index in [4.69, 9.17) is 9.97 Å². The Hall–Kier alpha value is -4.12. The summed E-state index contributed by atoms with van der Waals surface area (Å²) in [6.45, 7) is 1.24. The summed E-state index contributed by atoms with van der Waals surface area (Å²) in [5.74, 6) is -0.422. The molecule has 0 bridgehead atoms. The van der Waals surface area contributed by atoms with Crippen molar-refractivity contribution in [2.45, 2.75) is 38.3 Å². The summed E-state index contributed by atoms with van der Waals surface area (Å²) in [7, 11) is 0. The molecule has 0 unspecified atom stereocenters. The van der Waals surface area contributed by atoms with Crippen molar-refractivity contribution in [1.82, 2.24) is 14.5 Å². The van der Waals surface area contributed by atoms with Crippen molar-refractivity contribution >= 4 is 41.3 Å². The molecule has 1 aliphatic carbocycles. The first-order valence-electron chi connectivity index (χ1n) is 13.8. The first-order chi connectivity index (χ1) is 20.7. The van der Waals surface area contributed by atoms with Gasteiger partial charge in [0.1, 0.15) is 23.1 Å². The number of halogens is 3. The zero-order valence-corrected chi connectivity index (χ0v) is 22.9. The number of nitrogens with zero attached hydrogens (tertiary/aromatic N) is 4. The standard InChI is InChI=1S/C33H27F3N4O3.Na.H/c34-33(35,36)43-27-16-11-24(12-17-27)31-38-29(30(32(41)42)40(31)26-14-15-26)25-13-18-28(37-19-25)39(20-22-7-3-1-4-8-22)21-23-9-5-2-6-10-23;;/h1-13,16-19,26H,14-15,20-21H2,(H,41,42);;. The van der Waals surface area contributed by atoms with Gasteiger partial charge in [0.2, 0.25) is 0 Å². The van der Waals surface area contributed by atoms with Crippen molar-refractivity contribution in [3.8, 4) is 28.4 Å². The van der Waals surface area contributed by atoms with Gasteiger partial charge in [-0.2, -0.15) is 0 Å². The van der Waals surface area contributed by atoms with Crippen molar-refractivity contribution < 1.29 is 27.8 Å². The Bertz CT molecular complexity index is 1670. The number of aromatic nitrogens is 3. The van der Waals surface area contributed by atoms with E-state index >= 15 is 0 Å². The van der Waals surface area contributed by atoms with Crippen LogP contribution in [0.4, 0.5) is 19.0 Å². The third kappa shape index (κ3) is 7.32. The monoisotopic (exact) mass is 608 g/mol. The molecule has 0 saturated heterocycles. The number of ether oxygens (including phenoxy) is 1. The number of pyridine rings is 1. The molecule has 0 radical (unpaired) electrons. The molecule has 3 aromatic carbocycles. The van der Waals surface area contributed by atoms with E-state index in [-0.39, 0.29) is 52.7 Å². The molecule has 1 fully saturated rings. The van der Waals surface area contributed by atoms with Gasteiger partial charge in [-0.3, -0.25) is 0 Å². The maximum atomic E-state index is 12.7. The number of benzene rings is 3. The average Bonchev–Trinajstić information content (AvgIpc) is 3.76. The first kappa shape index (κ1) is 31.3. The van der Waals surface area contributed by atoms with Crippen LogP contribution in [0.2, 0.25) is 0 Å². The summed E-state index contributed by atoms with van der Waals surface area (Å²) in [6, 6.07) is 29.0. The molecule has 1 saturated carbocycles. The second kappa shape index (κ2) is 13.3. The molecule has 0 aliphatic heterocycles. The Morgan fingerprint density at radius 1 is 0.864 bits per heavy atom. The van der Waals surface area contributed by atoms with Crippen molar-refractivity contribution in [1.29, 1.82) is 0 Å². The molecule has 1 aliphatic rings. The normalized spacial score (nSPS) is 12.8. The number of alkyl halides is 3. The third-order valence-electron chi connectivity index (χ3n) is 7.15. The van der Waals surface area contributed by atoms with E-state index in [1.807, 2.05) is 42.5 Å². The number of carboxylic acid groups (broad SMARTS) is 1. The summed E-state index contributed by atoms with van der Waals surface area (Å²) >= 11 is 0. The van der Waals surface area contributed by atoms with Crippen LogP contribution < -0.4 is 9.64 Å². The minimum atomic E-state index is -4.81. The van der Waals surface area contributed by atoms with Crippen LogP contribution in [0.3, 0.4) is 0 Å². The van der Waals surface area contributed by atoms with Crippen LogP contribution in [0.15, 0.2) is 103 Å². The number of anilines is 1. The number of carbonyl (C=O) groups is 1. The van der Waals surface area contributed by atoms with Gasteiger partial charge in [0.05, 0.1) is 0 Å². The number of imidazole rings is 1. The topological polar surface area (TPSA) is 80.5 Å². The van der Waals surface area contributed by atoms with Crippen LogP contribution in [0.5, 0.6) is 5.75 Å². The summed E-state index contributed by atoms with van der Waals surface area (Å²) in [6.07, 6.45) is -1.63. The van der Waals surface area contributed by atoms with Crippen LogP contribution in [-0.4, -0.2) is 61.5 Å². The zero-order valence-electron chi connectivity index (χ0n) is 22.9. The van der Waals surface area contributed by atoms with E-state index in [0.717, 1.165) is 29.8 Å². The number of carboxylic acids is 1. The molecule has 7 nitrogen and oxygen atoms in total. The van der Waals surface area contributed by atoms with E-state index in [1.54, 1.807) is 16.8 Å². The molecule has 11 heteroatoms. The number of hydrogen-bond acceptors (Lipinski definition) is 5. The summed E-state index contributed by atoms with van der Waals surface area (Å²) < 4.78 is 43.6. The molecule has 44 heavy (non-hydrogen) atoms. The molecule has 6 rings (SSSR count). The van der Waals surface area contributed by atoms with Crippen LogP contribution >= 0.6 is 0 Å². The van der Waals surface area contributed by atoms with E-state index in [9.17, 15) is 23.1 Å². The van der Waals surface area contributed by atoms with Crippen LogP contribution in [0, 0.1) is 0 Å². The molecule has 0 amide bonds. The van der Waals surface area contributed by atoms with Crippen molar-refractivity contribution in [2.24, 2.45) is 0 Å². The van der Waals surface area contributed by atoms with Gasteiger partial charge in [0.15, 0.2) is 5.69 Å². The number of rotatable bonds is 10. The number of hydrogen-bond donors (Lipinski definition) is 1. The molecule has 2 aromatic heterocycles.